The zero-order valence-corrected chi connectivity index (χ0v) is 17.3. The summed E-state index contributed by atoms with van der Waals surface area (Å²) in [5.41, 5.74) is 3.21. The van der Waals surface area contributed by atoms with Gasteiger partial charge in [-0.1, -0.05) is 48.0 Å². The molecule has 2 aromatic carbocycles. The lowest BCUT2D eigenvalue weighted by Crippen LogP contribution is -2.47. The van der Waals surface area contributed by atoms with Gasteiger partial charge in [0.25, 0.3) is 0 Å². The largest absolute Gasteiger partial charge is 0.508 e. The molecule has 0 saturated heterocycles. The molecule has 0 amide bonds. The van der Waals surface area contributed by atoms with E-state index >= 15 is 0 Å². The van der Waals surface area contributed by atoms with Gasteiger partial charge < -0.3 is 5.11 Å². The van der Waals surface area contributed by atoms with Crippen LogP contribution in [-0.2, 0) is 9.59 Å². The van der Waals surface area contributed by atoms with E-state index in [2.05, 4.69) is 0 Å². The SMILES string of the molecule is Cc1ccc(C2C(=O)[C@H](SCC(=O)C3=CCCS3)C2c2ccc(O)cc2)cc1. The second-order valence-corrected chi connectivity index (χ2v) is 9.53. The molecule has 1 N–H and O–H groups in total. The Morgan fingerprint density at radius 1 is 1.11 bits per heavy atom. The van der Waals surface area contributed by atoms with Gasteiger partial charge in [-0.2, -0.15) is 0 Å². The van der Waals surface area contributed by atoms with Crippen LogP contribution in [0.15, 0.2) is 59.5 Å². The van der Waals surface area contributed by atoms with Gasteiger partial charge in [-0.3, -0.25) is 9.59 Å². The Bertz CT molecular complexity index is 916. The minimum Gasteiger partial charge on any atom is -0.508 e. The normalized spacial score (nSPS) is 24.0. The van der Waals surface area contributed by atoms with Crippen LogP contribution < -0.4 is 0 Å². The quantitative estimate of drug-likeness (QED) is 0.738. The summed E-state index contributed by atoms with van der Waals surface area (Å²) < 4.78 is 0. The summed E-state index contributed by atoms with van der Waals surface area (Å²) in [6, 6.07) is 15.2. The van der Waals surface area contributed by atoms with Crippen molar-refractivity contribution in [3.05, 3.63) is 76.2 Å². The summed E-state index contributed by atoms with van der Waals surface area (Å²) in [4.78, 5) is 26.3. The maximum atomic E-state index is 13.0. The highest BCUT2D eigenvalue weighted by Gasteiger charge is 2.51. The third-order valence-corrected chi connectivity index (χ3v) is 7.82. The van der Waals surface area contributed by atoms with E-state index in [4.69, 9.17) is 0 Å². The summed E-state index contributed by atoms with van der Waals surface area (Å²) in [5, 5.41) is 9.40. The molecular weight excluding hydrogens is 388 g/mol. The first-order valence-electron chi connectivity index (χ1n) is 9.41. The number of hydrogen-bond donors (Lipinski definition) is 1. The molecule has 4 rings (SSSR count). The molecule has 1 saturated carbocycles. The molecule has 3 nitrogen and oxygen atoms in total. The Morgan fingerprint density at radius 2 is 1.79 bits per heavy atom. The number of phenols is 1. The van der Waals surface area contributed by atoms with Crippen molar-refractivity contribution in [3.8, 4) is 5.75 Å². The number of rotatable bonds is 6. The number of allylic oxidation sites excluding steroid dienone is 2. The van der Waals surface area contributed by atoms with E-state index in [-0.39, 0.29) is 34.4 Å². The minimum atomic E-state index is -0.230. The Balaban J connectivity index is 1.56. The lowest BCUT2D eigenvalue weighted by atomic mass is 9.65. The number of aromatic hydroxyl groups is 1. The van der Waals surface area contributed by atoms with Gasteiger partial charge in [0.15, 0.2) is 11.6 Å². The highest BCUT2D eigenvalue weighted by atomic mass is 32.2. The molecule has 2 unspecified atom stereocenters. The summed E-state index contributed by atoms with van der Waals surface area (Å²) in [7, 11) is 0. The fourth-order valence-electron chi connectivity index (χ4n) is 3.83. The van der Waals surface area contributed by atoms with Gasteiger partial charge in [-0.15, -0.1) is 23.5 Å². The summed E-state index contributed by atoms with van der Waals surface area (Å²) in [6.07, 6.45) is 2.95. The van der Waals surface area contributed by atoms with Crippen molar-refractivity contribution in [1.82, 2.24) is 0 Å². The van der Waals surface area contributed by atoms with Gasteiger partial charge in [0.05, 0.1) is 16.9 Å². The number of ketones is 2. The van der Waals surface area contributed by atoms with Crippen molar-refractivity contribution in [2.75, 3.05) is 11.5 Å². The van der Waals surface area contributed by atoms with Gasteiger partial charge in [0.2, 0.25) is 0 Å². The van der Waals surface area contributed by atoms with E-state index in [1.165, 1.54) is 11.8 Å². The number of Topliss-reactive ketones (excluding diaryl/α,β-unsaturated/α-hetero) is 2. The Morgan fingerprint density at radius 3 is 2.43 bits per heavy atom. The van der Waals surface area contributed by atoms with Crippen LogP contribution in [0.25, 0.3) is 0 Å². The molecule has 1 aliphatic carbocycles. The zero-order chi connectivity index (χ0) is 19.7. The zero-order valence-electron chi connectivity index (χ0n) is 15.6. The molecule has 3 atom stereocenters. The van der Waals surface area contributed by atoms with Crippen LogP contribution in [0, 0.1) is 6.92 Å². The van der Waals surface area contributed by atoms with Crippen LogP contribution in [0.2, 0.25) is 0 Å². The number of carbonyl (C=O) groups excluding carboxylic acids is 2. The van der Waals surface area contributed by atoms with E-state index < -0.39 is 0 Å². The molecule has 0 aromatic heterocycles. The summed E-state index contributed by atoms with van der Waals surface area (Å²) in [5.74, 6) is 1.66. The molecule has 28 heavy (non-hydrogen) atoms. The first-order valence-corrected chi connectivity index (χ1v) is 11.4. The van der Waals surface area contributed by atoms with E-state index in [0.29, 0.717) is 5.75 Å². The van der Waals surface area contributed by atoms with Gasteiger partial charge in [0.1, 0.15) is 5.75 Å². The van der Waals surface area contributed by atoms with Crippen LogP contribution in [0.5, 0.6) is 5.75 Å². The average molecular weight is 411 g/mol. The van der Waals surface area contributed by atoms with Crippen molar-refractivity contribution >= 4 is 35.1 Å². The van der Waals surface area contributed by atoms with E-state index in [1.54, 1.807) is 23.9 Å². The summed E-state index contributed by atoms with van der Waals surface area (Å²) in [6.45, 7) is 2.03. The van der Waals surface area contributed by atoms with Crippen LogP contribution in [0.3, 0.4) is 0 Å². The number of aryl methyl sites for hydroxylation is 1. The fourth-order valence-corrected chi connectivity index (χ4v) is 6.17. The van der Waals surface area contributed by atoms with Crippen LogP contribution in [0.1, 0.15) is 34.9 Å². The molecule has 2 aliphatic rings. The Labute approximate surface area is 173 Å². The Kier molecular flexibility index (Phi) is 5.65. The lowest BCUT2D eigenvalue weighted by molar-refractivity contribution is -0.126. The first-order chi connectivity index (χ1) is 13.5. The maximum Gasteiger partial charge on any atom is 0.178 e. The molecule has 144 valence electrons. The molecule has 1 fully saturated rings. The lowest BCUT2D eigenvalue weighted by Gasteiger charge is -2.43. The molecule has 5 heteroatoms. The third kappa shape index (κ3) is 3.78. The Hall–Kier alpha value is -1.98. The third-order valence-electron chi connectivity index (χ3n) is 5.36. The first kappa shape index (κ1) is 19.3. The average Bonchev–Trinajstić information content (AvgIpc) is 3.23. The van der Waals surface area contributed by atoms with Gasteiger partial charge in [0, 0.05) is 16.6 Å². The number of phenolic OH excluding ortho intramolecular Hbond substituents is 1. The van der Waals surface area contributed by atoms with Crippen molar-refractivity contribution in [1.29, 1.82) is 0 Å². The van der Waals surface area contributed by atoms with Crippen LogP contribution in [-0.4, -0.2) is 33.4 Å². The van der Waals surface area contributed by atoms with E-state index in [0.717, 1.165) is 33.8 Å². The van der Waals surface area contributed by atoms with Crippen LogP contribution in [0.4, 0.5) is 0 Å². The number of hydrogen-bond acceptors (Lipinski definition) is 5. The molecule has 0 radical (unpaired) electrons. The highest BCUT2D eigenvalue weighted by molar-refractivity contribution is 8.05. The predicted octanol–water partition coefficient (Wildman–Crippen LogP) is 4.84. The van der Waals surface area contributed by atoms with E-state index in [1.807, 2.05) is 49.4 Å². The second-order valence-electron chi connectivity index (χ2n) is 7.27. The van der Waals surface area contributed by atoms with Crippen molar-refractivity contribution in [3.63, 3.8) is 0 Å². The summed E-state index contributed by atoms with van der Waals surface area (Å²) >= 11 is 3.07. The number of thioether (sulfide) groups is 2. The molecular formula is C23H22O3S2. The number of benzene rings is 2. The molecule has 0 spiro atoms. The van der Waals surface area contributed by atoms with Crippen molar-refractivity contribution in [2.24, 2.45) is 0 Å². The molecule has 0 bridgehead atoms. The molecule has 1 heterocycles. The smallest absolute Gasteiger partial charge is 0.178 e. The standard InChI is InChI=1S/C23H22O3S2/c1-14-4-6-15(7-5-14)20-21(16-8-10-17(24)11-9-16)23(22(20)26)28-13-18(25)19-3-2-12-27-19/h3-11,20-21,23-24H,2,12-13H2,1H3/t20?,21?,23-/m1/s1. The van der Waals surface area contributed by atoms with Crippen LogP contribution >= 0.6 is 23.5 Å². The van der Waals surface area contributed by atoms with Crippen molar-refractivity contribution in [2.45, 2.75) is 30.4 Å². The van der Waals surface area contributed by atoms with Gasteiger partial charge >= 0.3 is 0 Å². The molecule has 2 aromatic rings. The predicted molar refractivity (Wildman–Crippen MR) is 116 cm³/mol. The van der Waals surface area contributed by atoms with Gasteiger partial charge in [-0.05, 0) is 36.6 Å². The van der Waals surface area contributed by atoms with E-state index in [9.17, 15) is 14.7 Å². The molecule has 1 aliphatic heterocycles. The fraction of sp³-hybridized carbons (Fsp3) is 0.304. The highest BCUT2D eigenvalue weighted by Crippen LogP contribution is 2.52. The minimum absolute atomic E-state index is 0.0128. The second kappa shape index (κ2) is 8.18. The monoisotopic (exact) mass is 410 g/mol. The van der Waals surface area contributed by atoms with Crippen molar-refractivity contribution < 1.29 is 14.7 Å². The topological polar surface area (TPSA) is 54.4 Å². The van der Waals surface area contributed by atoms with Gasteiger partial charge in [-0.25, -0.2) is 0 Å². The maximum absolute atomic E-state index is 13.0. The number of carbonyl (C=O) groups is 2.